The van der Waals surface area contributed by atoms with Crippen LogP contribution in [0.2, 0.25) is 5.02 Å². The zero-order chi connectivity index (χ0) is 15.4. The summed E-state index contributed by atoms with van der Waals surface area (Å²) >= 11 is 9.40. The van der Waals surface area contributed by atoms with Gasteiger partial charge < -0.3 is 10.1 Å². The first-order chi connectivity index (χ1) is 10.0. The van der Waals surface area contributed by atoms with Crippen LogP contribution in [-0.4, -0.2) is 6.61 Å². The van der Waals surface area contributed by atoms with E-state index in [0.717, 1.165) is 16.6 Å². The Morgan fingerprint density at radius 2 is 1.95 bits per heavy atom. The normalized spacial score (nSPS) is 10.5. The van der Waals surface area contributed by atoms with Gasteiger partial charge in [-0.25, -0.2) is 8.78 Å². The third-order valence-electron chi connectivity index (χ3n) is 2.76. The van der Waals surface area contributed by atoms with E-state index in [-0.39, 0.29) is 0 Å². The van der Waals surface area contributed by atoms with Crippen LogP contribution in [0.1, 0.15) is 12.5 Å². The second-order valence-corrected chi connectivity index (χ2v) is 5.59. The van der Waals surface area contributed by atoms with Gasteiger partial charge in [-0.15, -0.1) is 0 Å². The first-order valence-electron chi connectivity index (χ1n) is 6.31. The predicted molar refractivity (Wildman–Crippen MR) is 84.0 cm³/mol. The highest BCUT2D eigenvalue weighted by Crippen LogP contribution is 2.36. The summed E-state index contributed by atoms with van der Waals surface area (Å²) in [5.41, 5.74) is 1.30. The molecular weight excluding hydrogens is 364 g/mol. The quantitative estimate of drug-likeness (QED) is 0.755. The highest BCUT2D eigenvalue weighted by molar-refractivity contribution is 9.10. The van der Waals surface area contributed by atoms with Crippen molar-refractivity contribution in [1.82, 2.24) is 0 Å². The SMILES string of the molecule is CCOc1c(Br)cc(Cl)cc1NCc1ccc(F)c(F)c1. The predicted octanol–water partition coefficient (Wildman–Crippen LogP) is 5.39. The largest absolute Gasteiger partial charge is 0.491 e. The molecule has 0 heterocycles. The molecule has 0 fully saturated rings. The Morgan fingerprint density at radius 3 is 2.62 bits per heavy atom. The van der Waals surface area contributed by atoms with E-state index in [1.54, 1.807) is 12.1 Å². The van der Waals surface area contributed by atoms with Crippen LogP contribution in [0.4, 0.5) is 14.5 Å². The van der Waals surface area contributed by atoms with Crippen molar-refractivity contribution in [2.45, 2.75) is 13.5 Å². The lowest BCUT2D eigenvalue weighted by Crippen LogP contribution is -2.04. The van der Waals surface area contributed by atoms with Crippen molar-refractivity contribution in [3.63, 3.8) is 0 Å². The van der Waals surface area contributed by atoms with Crippen molar-refractivity contribution in [2.75, 3.05) is 11.9 Å². The van der Waals surface area contributed by atoms with Gasteiger partial charge in [-0.1, -0.05) is 17.7 Å². The lowest BCUT2D eigenvalue weighted by atomic mass is 10.2. The fourth-order valence-electron chi connectivity index (χ4n) is 1.83. The van der Waals surface area contributed by atoms with Gasteiger partial charge in [0.1, 0.15) is 0 Å². The molecule has 0 aliphatic rings. The first kappa shape index (κ1) is 16.0. The number of ether oxygens (including phenoxy) is 1. The molecule has 0 aromatic heterocycles. The van der Waals surface area contributed by atoms with Crippen molar-refractivity contribution in [3.8, 4) is 5.75 Å². The molecule has 0 saturated carbocycles. The van der Waals surface area contributed by atoms with Gasteiger partial charge in [0.05, 0.1) is 16.8 Å². The molecule has 0 aliphatic carbocycles. The molecule has 0 saturated heterocycles. The minimum Gasteiger partial charge on any atom is -0.491 e. The molecule has 0 bridgehead atoms. The van der Waals surface area contributed by atoms with Crippen molar-refractivity contribution in [1.29, 1.82) is 0 Å². The Morgan fingerprint density at radius 1 is 1.19 bits per heavy atom. The number of benzene rings is 2. The van der Waals surface area contributed by atoms with Crippen LogP contribution in [0, 0.1) is 11.6 Å². The number of halogens is 4. The van der Waals surface area contributed by atoms with Crippen LogP contribution in [0.3, 0.4) is 0 Å². The molecular formula is C15H13BrClF2NO. The van der Waals surface area contributed by atoms with Crippen LogP contribution in [0.25, 0.3) is 0 Å². The molecule has 0 radical (unpaired) electrons. The van der Waals surface area contributed by atoms with Crippen LogP contribution in [0.15, 0.2) is 34.8 Å². The van der Waals surface area contributed by atoms with Crippen molar-refractivity contribution in [3.05, 3.63) is 57.0 Å². The third-order valence-corrected chi connectivity index (χ3v) is 3.57. The molecule has 0 amide bonds. The molecule has 1 N–H and O–H groups in total. The summed E-state index contributed by atoms with van der Waals surface area (Å²) in [6, 6.07) is 7.23. The van der Waals surface area contributed by atoms with Crippen molar-refractivity contribution in [2.24, 2.45) is 0 Å². The Balaban J connectivity index is 2.20. The molecule has 6 heteroatoms. The van der Waals surface area contributed by atoms with E-state index in [4.69, 9.17) is 16.3 Å². The van der Waals surface area contributed by atoms with Gasteiger partial charge in [0.15, 0.2) is 17.4 Å². The maximum atomic E-state index is 13.2. The van der Waals surface area contributed by atoms with E-state index in [1.807, 2.05) is 6.92 Å². The summed E-state index contributed by atoms with van der Waals surface area (Å²) < 4.78 is 32.3. The number of anilines is 1. The maximum Gasteiger partial charge on any atom is 0.159 e. The van der Waals surface area contributed by atoms with Crippen LogP contribution >= 0.6 is 27.5 Å². The summed E-state index contributed by atoms with van der Waals surface area (Å²) in [7, 11) is 0. The van der Waals surface area contributed by atoms with Crippen LogP contribution in [-0.2, 0) is 6.54 Å². The molecule has 0 unspecified atom stereocenters. The zero-order valence-electron chi connectivity index (χ0n) is 11.2. The number of hydrogen-bond donors (Lipinski definition) is 1. The number of rotatable bonds is 5. The minimum absolute atomic E-state index is 0.323. The molecule has 2 aromatic carbocycles. The summed E-state index contributed by atoms with van der Waals surface area (Å²) in [5, 5.41) is 3.65. The summed E-state index contributed by atoms with van der Waals surface area (Å²) in [6.45, 7) is 2.70. The van der Waals surface area contributed by atoms with Gasteiger partial charge in [-0.2, -0.15) is 0 Å². The van der Waals surface area contributed by atoms with E-state index in [2.05, 4.69) is 21.2 Å². The fourth-order valence-corrected chi connectivity index (χ4v) is 2.75. The van der Waals surface area contributed by atoms with Gasteiger partial charge in [0, 0.05) is 11.6 Å². The van der Waals surface area contributed by atoms with Gasteiger partial charge in [-0.3, -0.25) is 0 Å². The molecule has 112 valence electrons. The molecule has 21 heavy (non-hydrogen) atoms. The molecule has 2 rings (SSSR count). The average molecular weight is 377 g/mol. The zero-order valence-corrected chi connectivity index (χ0v) is 13.6. The lowest BCUT2D eigenvalue weighted by molar-refractivity contribution is 0.339. The summed E-state index contributed by atoms with van der Waals surface area (Å²) in [6.07, 6.45) is 0. The molecule has 2 aromatic rings. The van der Waals surface area contributed by atoms with E-state index < -0.39 is 11.6 Å². The fraction of sp³-hybridized carbons (Fsp3) is 0.200. The average Bonchev–Trinajstić information content (AvgIpc) is 2.43. The van der Waals surface area contributed by atoms with E-state index in [0.29, 0.717) is 35.2 Å². The monoisotopic (exact) mass is 375 g/mol. The van der Waals surface area contributed by atoms with E-state index >= 15 is 0 Å². The summed E-state index contributed by atoms with van der Waals surface area (Å²) in [4.78, 5) is 0. The molecule has 0 spiro atoms. The van der Waals surface area contributed by atoms with Gasteiger partial charge >= 0.3 is 0 Å². The Kier molecular flexibility index (Phi) is 5.42. The lowest BCUT2D eigenvalue weighted by Gasteiger charge is -2.15. The summed E-state index contributed by atoms with van der Waals surface area (Å²) in [5.74, 6) is -1.10. The van der Waals surface area contributed by atoms with Crippen LogP contribution < -0.4 is 10.1 Å². The Bertz CT molecular complexity index is 652. The second kappa shape index (κ2) is 7.09. The highest BCUT2D eigenvalue weighted by Gasteiger charge is 2.10. The van der Waals surface area contributed by atoms with Gasteiger partial charge in [0.25, 0.3) is 0 Å². The van der Waals surface area contributed by atoms with Gasteiger partial charge in [0.2, 0.25) is 0 Å². The molecule has 0 atom stereocenters. The molecule has 2 nitrogen and oxygen atoms in total. The highest BCUT2D eigenvalue weighted by atomic mass is 79.9. The van der Waals surface area contributed by atoms with E-state index in [9.17, 15) is 8.78 Å². The Labute approximate surface area is 135 Å². The number of hydrogen-bond acceptors (Lipinski definition) is 2. The standard InChI is InChI=1S/C15H13BrClF2NO/c1-2-21-15-11(16)6-10(17)7-14(15)20-8-9-3-4-12(18)13(19)5-9/h3-7,20H,2,8H2,1H3. The van der Waals surface area contributed by atoms with Crippen molar-refractivity contribution >= 4 is 33.2 Å². The Hall–Kier alpha value is -1.33. The number of nitrogens with one attached hydrogen (secondary N) is 1. The maximum absolute atomic E-state index is 13.2. The van der Waals surface area contributed by atoms with E-state index in [1.165, 1.54) is 6.07 Å². The molecule has 0 aliphatic heterocycles. The van der Waals surface area contributed by atoms with Crippen molar-refractivity contribution < 1.29 is 13.5 Å². The smallest absolute Gasteiger partial charge is 0.159 e. The van der Waals surface area contributed by atoms with Crippen LogP contribution in [0.5, 0.6) is 5.75 Å². The second-order valence-electron chi connectivity index (χ2n) is 4.30. The topological polar surface area (TPSA) is 21.3 Å². The first-order valence-corrected chi connectivity index (χ1v) is 7.48. The minimum atomic E-state index is -0.869. The van der Waals surface area contributed by atoms with Gasteiger partial charge in [-0.05, 0) is 52.7 Å². The third kappa shape index (κ3) is 4.08.